The third kappa shape index (κ3) is 4.78. The predicted molar refractivity (Wildman–Crippen MR) is 127 cm³/mol. The molecule has 156 valence electrons. The second-order valence-corrected chi connectivity index (χ2v) is 8.36. The highest BCUT2D eigenvalue weighted by atomic mass is 32.2. The fraction of sp³-hybridized carbons (Fsp3) is 0.192. The fourth-order valence-corrected chi connectivity index (χ4v) is 4.65. The number of benzene rings is 3. The first kappa shape index (κ1) is 21.1. The zero-order valence-corrected chi connectivity index (χ0v) is 18.2. The van der Waals surface area contributed by atoms with Crippen molar-refractivity contribution in [2.24, 2.45) is 0 Å². The first-order valence-corrected chi connectivity index (χ1v) is 11.4. The lowest BCUT2D eigenvalue weighted by atomic mass is 10.0. The van der Waals surface area contributed by atoms with Crippen LogP contribution in [0.1, 0.15) is 35.3 Å². The van der Waals surface area contributed by atoms with E-state index in [1.54, 1.807) is 4.57 Å². The summed E-state index contributed by atoms with van der Waals surface area (Å²) in [6.07, 6.45) is 1.52. The van der Waals surface area contributed by atoms with E-state index in [0.29, 0.717) is 21.6 Å². The van der Waals surface area contributed by atoms with Gasteiger partial charge in [0.2, 0.25) is 0 Å². The second kappa shape index (κ2) is 9.75. The van der Waals surface area contributed by atoms with E-state index in [1.807, 2.05) is 72.8 Å². The van der Waals surface area contributed by atoms with E-state index in [-0.39, 0.29) is 23.1 Å². The van der Waals surface area contributed by atoms with Gasteiger partial charge in [-0.05, 0) is 30.5 Å². The Morgan fingerprint density at radius 2 is 1.58 bits per heavy atom. The summed E-state index contributed by atoms with van der Waals surface area (Å²) in [5, 5.41) is 1.20. The van der Waals surface area contributed by atoms with Crippen LogP contribution in [0.5, 0.6) is 0 Å². The Bertz CT molecular complexity index is 1240. The third-order valence-electron chi connectivity index (χ3n) is 5.35. The zero-order chi connectivity index (χ0) is 21.6. The van der Waals surface area contributed by atoms with Gasteiger partial charge in [-0.1, -0.05) is 91.5 Å². The third-order valence-corrected chi connectivity index (χ3v) is 6.31. The van der Waals surface area contributed by atoms with E-state index in [2.05, 4.69) is 19.1 Å². The number of carbonyl (C=O) groups is 1. The molecule has 4 rings (SSSR count). The second-order valence-electron chi connectivity index (χ2n) is 7.42. The standard InChI is InChI=1S/C26H24N2O2S/c1-2-21(17-19-11-5-3-6-12-19)28-25(30)22-15-9-10-16-23(22)27-26(28)31-18-24(29)20-13-7-4-8-14-20/h3-16,21H,2,17-18H2,1H3/t21-/m1/s1. The van der Waals surface area contributed by atoms with Crippen LogP contribution in [0.2, 0.25) is 0 Å². The Hall–Kier alpha value is -3.18. The number of hydrogen-bond donors (Lipinski definition) is 0. The number of Topliss-reactive ketones (excluding diaryl/α,β-unsaturated/α-hetero) is 1. The van der Waals surface area contributed by atoms with E-state index in [0.717, 1.165) is 12.8 Å². The van der Waals surface area contributed by atoms with Crippen molar-refractivity contribution in [3.8, 4) is 0 Å². The van der Waals surface area contributed by atoms with Crippen molar-refractivity contribution in [2.75, 3.05) is 5.75 Å². The van der Waals surface area contributed by atoms with Crippen LogP contribution in [0.3, 0.4) is 0 Å². The Morgan fingerprint density at radius 1 is 0.935 bits per heavy atom. The number of para-hydroxylation sites is 1. The number of nitrogens with zero attached hydrogens (tertiary/aromatic N) is 2. The van der Waals surface area contributed by atoms with Crippen molar-refractivity contribution < 1.29 is 4.79 Å². The molecule has 4 nitrogen and oxygen atoms in total. The number of hydrogen-bond acceptors (Lipinski definition) is 4. The van der Waals surface area contributed by atoms with Gasteiger partial charge in [-0.2, -0.15) is 0 Å². The molecule has 0 fully saturated rings. The lowest BCUT2D eigenvalue weighted by molar-refractivity contribution is 0.102. The lowest BCUT2D eigenvalue weighted by Gasteiger charge is -2.22. The van der Waals surface area contributed by atoms with E-state index in [9.17, 15) is 9.59 Å². The van der Waals surface area contributed by atoms with Crippen molar-refractivity contribution in [1.29, 1.82) is 0 Å². The molecule has 31 heavy (non-hydrogen) atoms. The minimum Gasteiger partial charge on any atom is -0.293 e. The van der Waals surface area contributed by atoms with Crippen LogP contribution >= 0.6 is 11.8 Å². The Kier molecular flexibility index (Phi) is 6.63. The predicted octanol–water partition coefficient (Wildman–Crippen LogP) is 5.57. The number of ketones is 1. The molecule has 5 heteroatoms. The maximum atomic E-state index is 13.5. The molecular formula is C26H24N2O2S. The summed E-state index contributed by atoms with van der Waals surface area (Å²) in [4.78, 5) is 30.9. The van der Waals surface area contributed by atoms with E-state index < -0.39 is 0 Å². The normalized spacial score (nSPS) is 12.0. The Morgan fingerprint density at radius 3 is 2.29 bits per heavy atom. The zero-order valence-electron chi connectivity index (χ0n) is 17.4. The molecular weight excluding hydrogens is 404 g/mol. The molecule has 0 spiro atoms. The topological polar surface area (TPSA) is 52.0 Å². The SMILES string of the molecule is CC[C@H](Cc1ccccc1)n1c(SCC(=O)c2ccccc2)nc2ccccc2c1=O. The number of thioether (sulfide) groups is 1. The van der Waals surface area contributed by atoms with Gasteiger partial charge in [-0.15, -0.1) is 0 Å². The van der Waals surface area contributed by atoms with Crippen LogP contribution in [-0.4, -0.2) is 21.1 Å². The van der Waals surface area contributed by atoms with Crippen LogP contribution in [-0.2, 0) is 6.42 Å². The molecule has 0 amide bonds. The molecule has 0 N–H and O–H groups in total. The molecule has 3 aromatic carbocycles. The maximum absolute atomic E-state index is 13.5. The first-order chi connectivity index (χ1) is 15.2. The van der Waals surface area contributed by atoms with Gasteiger partial charge in [0.25, 0.3) is 5.56 Å². The summed E-state index contributed by atoms with van der Waals surface area (Å²) in [7, 11) is 0. The highest BCUT2D eigenvalue weighted by Crippen LogP contribution is 2.25. The smallest absolute Gasteiger partial charge is 0.262 e. The number of rotatable bonds is 8. The van der Waals surface area contributed by atoms with Crippen molar-refractivity contribution in [3.63, 3.8) is 0 Å². The summed E-state index contributed by atoms with van der Waals surface area (Å²) in [6.45, 7) is 2.08. The molecule has 0 aliphatic rings. The van der Waals surface area contributed by atoms with Gasteiger partial charge in [0.05, 0.1) is 16.7 Å². The first-order valence-electron chi connectivity index (χ1n) is 10.4. The molecule has 0 saturated heterocycles. The monoisotopic (exact) mass is 428 g/mol. The summed E-state index contributed by atoms with van der Waals surface area (Å²) >= 11 is 1.34. The lowest BCUT2D eigenvalue weighted by Crippen LogP contribution is -2.29. The Balaban J connectivity index is 1.72. The molecule has 4 aromatic rings. The summed E-state index contributed by atoms with van der Waals surface area (Å²) in [6, 6.07) is 26.8. The van der Waals surface area contributed by atoms with Crippen LogP contribution in [0.4, 0.5) is 0 Å². The minimum atomic E-state index is -0.0527. The summed E-state index contributed by atoms with van der Waals surface area (Å²) < 4.78 is 1.79. The molecule has 0 radical (unpaired) electrons. The van der Waals surface area contributed by atoms with Crippen molar-refractivity contribution >= 4 is 28.4 Å². The molecule has 0 bridgehead atoms. The van der Waals surface area contributed by atoms with Gasteiger partial charge in [-0.3, -0.25) is 14.2 Å². The largest absolute Gasteiger partial charge is 0.293 e. The molecule has 0 aliphatic carbocycles. The summed E-state index contributed by atoms with van der Waals surface area (Å²) in [5.74, 6) is 0.256. The van der Waals surface area contributed by atoms with E-state index in [4.69, 9.17) is 4.98 Å². The van der Waals surface area contributed by atoms with E-state index in [1.165, 1.54) is 17.3 Å². The quantitative estimate of drug-likeness (QED) is 0.209. The molecule has 0 aliphatic heterocycles. The average Bonchev–Trinajstić information content (AvgIpc) is 2.83. The van der Waals surface area contributed by atoms with Gasteiger partial charge in [0, 0.05) is 11.6 Å². The fourth-order valence-electron chi connectivity index (χ4n) is 3.69. The molecule has 1 heterocycles. The minimum absolute atomic E-state index is 0.0238. The van der Waals surface area contributed by atoms with Crippen LogP contribution in [0.25, 0.3) is 10.9 Å². The summed E-state index contributed by atoms with van der Waals surface area (Å²) in [5.41, 5.74) is 2.45. The maximum Gasteiger partial charge on any atom is 0.262 e. The number of aromatic nitrogens is 2. The average molecular weight is 429 g/mol. The highest BCUT2D eigenvalue weighted by molar-refractivity contribution is 7.99. The van der Waals surface area contributed by atoms with Crippen molar-refractivity contribution in [3.05, 3.63) is 106 Å². The molecule has 1 aromatic heterocycles. The van der Waals surface area contributed by atoms with Crippen LogP contribution in [0.15, 0.2) is 94.9 Å². The highest BCUT2D eigenvalue weighted by Gasteiger charge is 2.20. The van der Waals surface area contributed by atoms with Crippen LogP contribution < -0.4 is 5.56 Å². The van der Waals surface area contributed by atoms with Gasteiger partial charge >= 0.3 is 0 Å². The molecule has 1 atom stereocenters. The molecule has 0 unspecified atom stereocenters. The van der Waals surface area contributed by atoms with Gasteiger partial charge in [-0.25, -0.2) is 4.98 Å². The van der Waals surface area contributed by atoms with Crippen molar-refractivity contribution in [2.45, 2.75) is 31.0 Å². The van der Waals surface area contributed by atoms with Gasteiger partial charge < -0.3 is 0 Å². The number of fused-ring (bicyclic) bond motifs is 1. The van der Waals surface area contributed by atoms with Crippen LogP contribution in [0, 0.1) is 0 Å². The Labute approximate surface area is 186 Å². The van der Waals surface area contributed by atoms with E-state index >= 15 is 0 Å². The molecule has 0 saturated carbocycles. The number of carbonyl (C=O) groups excluding carboxylic acids is 1. The van der Waals surface area contributed by atoms with Gasteiger partial charge in [0.1, 0.15) is 0 Å². The van der Waals surface area contributed by atoms with Gasteiger partial charge in [0.15, 0.2) is 10.9 Å². The van der Waals surface area contributed by atoms with Crippen molar-refractivity contribution in [1.82, 2.24) is 9.55 Å².